The standard InChI is InChI=1S/C8H6F4.C6H6ClN.C5H8/c1-5-2-6(8(10,11)12)4-7(9)3-5;1-5-2-3-6(7)4-8-5;1-3-5-4-2/h2-4H,1H3;2-4H,1H3;3-5H,1H2,2H3/b;;5-4+. The first-order valence-corrected chi connectivity index (χ1v) is 7.64. The van der Waals surface area contributed by atoms with Crippen LogP contribution in [0.3, 0.4) is 0 Å². The molecule has 1 aromatic heterocycles. The molecule has 0 atom stereocenters. The summed E-state index contributed by atoms with van der Waals surface area (Å²) in [4.78, 5) is 3.95. The maximum absolute atomic E-state index is 12.5. The van der Waals surface area contributed by atoms with Crippen LogP contribution in [0.15, 0.2) is 61.3 Å². The van der Waals surface area contributed by atoms with E-state index >= 15 is 0 Å². The Balaban J connectivity index is 0.000000382. The topological polar surface area (TPSA) is 12.9 Å². The molecule has 0 N–H and O–H groups in total. The van der Waals surface area contributed by atoms with Gasteiger partial charge in [0, 0.05) is 11.9 Å². The van der Waals surface area contributed by atoms with Crippen molar-refractivity contribution in [1.82, 2.24) is 4.98 Å². The van der Waals surface area contributed by atoms with Crippen LogP contribution in [-0.2, 0) is 6.18 Å². The van der Waals surface area contributed by atoms with E-state index < -0.39 is 17.6 Å². The van der Waals surface area contributed by atoms with E-state index in [0.29, 0.717) is 11.1 Å². The second-order valence-corrected chi connectivity index (χ2v) is 5.33. The van der Waals surface area contributed by atoms with Gasteiger partial charge in [0.1, 0.15) is 5.82 Å². The lowest BCUT2D eigenvalue weighted by atomic mass is 10.1. The molecule has 1 nitrogen and oxygen atoms in total. The predicted molar refractivity (Wildman–Crippen MR) is 95.1 cm³/mol. The molecule has 0 radical (unpaired) electrons. The van der Waals surface area contributed by atoms with Crippen LogP contribution >= 0.6 is 11.6 Å². The molecule has 25 heavy (non-hydrogen) atoms. The molecule has 0 aliphatic rings. The van der Waals surface area contributed by atoms with Crippen molar-refractivity contribution >= 4 is 11.6 Å². The van der Waals surface area contributed by atoms with Crippen LogP contribution in [0.2, 0.25) is 5.02 Å². The second-order valence-electron chi connectivity index (χ2n) is 4.89. The lowest BCUT2D eigenvalue weighted by Crippen LogP contribution is -2.05. The number of alkyl halides is 3. The highest BCUT2D eigenvalue weighted by Crippen LogP contribution is 2.30. The average molecular weight is 374 g/mol. The maximum Gasteiger partial charge on any atom is 0.416 e. The number of aryl methyl sites for hydroxylation is 2. The third kappa shape index (κ3) is 11.1. The van der Waals surface area contributed by atoms with Crippen LogP contribution in [0.4, 0.5) is 17.6 Å². The first-order valence-electron chi connectivity index (χ1n) is 7.26. The number of pyridine rings is 1. The Labute approximate surface area is 150 Å². The number of benzene rings is 1. The van der Waals surface area contributed by atoms with E-state index in [2.05, 4.69) is 11.6 Å². The van der Waals surface area contributed by atoms with Crippen molar-refractivity contribution in [3.8, 4) is 0 Å². The van der Waals surface area contributed by atoms with Crippen molar-refractivity contribution < 1.29 is 17.6 Å². The minimum atomic E-state index is -4.47. The molecule has 0 fully saturated rings. The Morgan fingerprint density at radius 2 is 1.76 bits per heavy atom. The molecule has 0 aliphatic heterocycles. The number of hydrogen-bond donors (Lipinski definition) is 0. The summed E-state index contributed by atoms with van der Waals surface area (Å²) in [7, 11) is 0. The Morgan fingerprint density at radius 1 is 1.12 bits per heavy atom. The molecule has 0 bridgehead atoms. The number of hydrogen-bond acceptors (Lipinski definition) is 1. The SMILES string of the molecule is C=C/C=C/C.Cc1cc(F)cc(C(F)(F)F)c1.Cc1ccc(Cl)cn1. The Kier molecular flexibility index (Phi) is 10.4. The average Bonchev–Trinajstić information content (AvgIpc) is 2.50. The fourth-order valence-corrected chi connectivity index (χ4v) is 1.60. The summed E-state index contributed by atoms with van der Waals surface area (Å²) >= 11 is 5.55. The van der Waals surface area contributed by atoms with Gasteiger partial charge in [0.15, 0.2) is 0 Å². The van der Waals surface area contributed by atoms with Gasteiger partial charge < -0.3 is 0 Å². The molecule has 0 saturated heterocycles. The zero-order chi connectivity index (χ0) is 19.5. The molecule has 2 rings (SSSR count). The van der Waals surface area contributed by atoms with Gasteiger partial charge in [-0.2, -0.15) is 13.2 Å². The zero-order valence-electron chi connectivity index (χ0n) is 14.2. The van der Waals surface area contributed by atoms with Gasteiger partial charge in [-0.3, -0.25) is 4.98 Å². The lowest BCUT2D eigenvalue weighted by molar-refractivity contribution is -0.137. The fourth-order valence-electron chi connectivity index (χ4n) is 1.49. The van der Waals surface area contributed by atoms with E-state index in [4.69, 9.17) is 11.6 Å². The minimum Gasteiger partial charge on any atom is -0.260 e. The normalized spacial score (nSPS) is 10.4. The monoisotopic (exact) mass is 373 g/mol. The molecule has 0 spiro atoms. The van der Waals surface area contributed by atoms with Crippen molar-refractivity contribution in [3.63, 3.8) is 0 Å². The third-order valence-electron chi connectivity index (χ3n) is 2.57. The molecule has 1 aromatic carbocycles. The van der Waals surface area contributed by atoms with E-state index in [9.17, 15) is 17.6 Å². The van der Waals surface area contributed by atoms with E-state index in [1.807, 2.05) is 38.1 Å². The zero-order valence-corrected chi connectivity index (χ0v) is 15.0. The third-order valence-corrected chi connectivity index (χ3v) is 2.80. The van der Waals surface area contributed by atoms with Gasteiger partial charge in [-0.15, -0.1) is 0 Å². The van der Waals surface area contributed by atoms with Gasteiger partial charge in [0.05, 0.1) is 10.6 Å². The fraction of sp³-hybridized carbons (Fsp3) is 0.211. The van der Waals surface area contributed by atoms with E-state index in [1.54, 1.807) is 12.3 Å². The van der Waals surface area contributed by atoms with Gasteiger partial charge in [-0.05, 0) is 56.7 Å². The quantitative estimate of drug-likeness (QED) is 0.389. The molecular formula is C19H20ClF4N. The van der Waals surface area contributed by atoms with E-state index in [1.165, 1.54) is 6.92 Å². The van der Waals surface area contributed by atoms with Crippen LogP contribution < -0.4 is 0 Å². The van der Waals surface area contributed by atoms with Crippen LogP contribution in [0.25, 0.3) is 0 Å². The molecule has 136 valence electrons. The first-order chi connectivity index (χ1) is 11.6. The lowest BCUT2D eigenvalue weighted by Gasteiger charge is -2.06. The van der Waals surface area contributed by atoms with Gasteiger partial charge in [0.2, 0.25) is 0 Å². The second kappa shape index (κ2) is 11.4. The number of nitrogens with zero attached hydrogens (tertiary/aromatic N) is 1. The smallest absolute Gasteiger partial charge is 0.260 e. The largest absolute Gasteiger partial charge is 0.416 e. The highest BCUT2D eigenvalue weighted by atomic mass is 35.5. The summed E-state index contributed by atoms with van der Waals surface area (Å²) in [5.41, 5.74) is 0.316. The van der Waals surface area contributed by atoms with Crippen molar-refractivity contribution in [2.75, 3.05) is 0 Å². The van der Waals surface area contributed by atoms with Crippen LogP contribution in [0.1, 0.15) is 23.7 Å². The maximum atomic E-state index is 12.5. The Hall–Kier alpha value is -2.14. The summed E-state index contributed by atoms with van der Waals surface area (Å²) in [6, 6.07) is 6.14. The summed E-state index contributed by atoms with van der Waals surface area (Å²) in [5.74, 6) is -0.859. The van der Waals surface area contributed by atoms with Gasteiger partial charge >= 0.3 is 6.18 Å². The van der Waals surface area contributed by atoms with Crippen LogP contribution in [-0.4, -0.2) is 4.98 Å². The summed E-state index contributed by atoms with van der Waals surface area (Å²) in [6.07, 6.45) is 2.75. The van der Waals surface area contributed by atoms with Gasteiger partial charge in [0.25, 0.3) is 0 Å². The van der Waals surface area contributed by atoms with Crippen LogP contribution in [0, 0.1) is 19.7 Å². The Morgan fingerprint density at radius 3 is 2.08 bits per heavy atom. The molecule has 2 aromatic rings. The van der Waals surface area contributed by atoms with Gasteiger partial charge in [-0.25, -0.2) is 4.39 Å². The molecule has 0 saturated carbocycles. The van der Waals surface area contributed by atoms with E-state index in [-0.39, 0.29) is 5.56 Å². The summed E-state index contributed by atoms with van der Waals surface area (Å²) < 4.78 is 48.4. The highest BCUT2D eigenvalue weighted by molar-refractivity contribution is 6.30. The minimum absolute atomic E-state index is 0.266. The predicted octanol–water partition coefficient (Wildman–Crippen LogP) is 6.94. The van der Waals surface area contributed by atoms with Crippen LogP contribution in [0.5, 0.6) is 0 Å². The number of aromatic nitrogens is 1. The van der Waals surface area contributed by atoms with Crippen molar-refractivity contribution in [2.45, 2.75) is 26.9 Å². The number of halogens is 5. The summed E-state index contributed by atoms with van der Waals surface area (Å²) in [5, 5.41) is 0.690. The van der Waals surface area contributed by atoms with Crippen molar-refractivity contribution in [2.24, 2.45) is 0 Å². The molecule has 0 unspecified atom stereocenters. The molecule has 0 amide bonds. The van der Waals surface area contributed by atoms with Crippen molar-refractivity contribution in [3.05, 3.63) is 89.0 Å². The number of rotatable bonds is 1. The van der Waals surface area contributed by atoms with Crippen molar-refractivity contribution in [1.29, 1.82) is 0 Å². The highest BCUT2D eigenvalue weighted by Gasteiger charge is 2.30. The van der Waals surface area contributed by atoms with Gasteiger partial charge in [-0.1, -0.05) is 36.4 Å². The summed E-state index contributed by atoms with van der Waals surface area (Å²) in [6.45, 7) is 8.77. The molecule has 0 aliphatic carbocycles. The number of allylic oxidation sites excluding steroid dienone is 3. The molecular weight excluding hydrogens is 354 g/mol. The molecule has 1 heterocycles. The first kappa shape index (κ1) is 22.9. The van der Waals surface area contributed by atoms with E-state index in [0.717, 1.165) is 17.8 Å². The Bertz CT molecular complexity index is 636. The molecule has 6 heteroatoms.